The maximum Gasteiger partial charge on any atom is 0.255 e. The van der Waals surface area contributed by atoms with E-state index in [1.54, 1.807) is 16.8 Å². The summed E-state index contributed by atoms with van der Waals surface area (Å²) < 4.78 is 1.61. The molecule has 0 spiro atoms. The highest BCUT2D eigenvalue weighted by Gasteiger charge is 2.31. The molecule has 1 amide bonds. The normalized spacial score (nSPS) is 18.0. The lowest BCUT2D eigenvalue weighted by Crippen LogP contribution is -2.46. The number of pyridine rings is 1. The molecule has 0 bridgehead atoms. The van der Waals surface area contributed by atoms with E-state index in [1.165, 1.54) is 18.5 Å². The molecule has 0 radical (unpaired) electrons. The Hall–Kier alpha value is -3.22. The fourth-order valence-corrected chi connectivity index (χ4v) is 5.25. The van der Waals surface area contributed by atoms with Crippen molar-refractivity contribution in [2.75, 3.05) is 25.0 Å². The van der Waals surface area contributed by atoms with E-state index in [4.69, 9.17) is 0 Å². The van der Waals surface area contributed by atoms with Crippen LogP contribution in [-0.2, 0) is 13.0 Å². The monoisotopic (exact) mass is 459 g/mol. The van der Waals surface area contributed by atoms with Gasteiger partial charge in [0.05, 0.1) is 5.56 Å². The van der Waals surface area contributed by atoms with Crippen molar-refractivity contribution < 1.29 is 4.79 Å². The van der Waals surface area contributed by atoms with Crippen molar-refractivity contribution in [3.05, 3.63) is 69.1 Å². The van der Waals surface area contributed by atoms with Gasteiger partial charge < -0.3 is 14.4 Å². The van der Waals surface area contributed by atoms with Crippen molar-refractivity contribution in [2.45, 2.75) is 64.5 Å². The molecular formula is C27H33N5O2. The van der Waals surface area contributed by atoms with E-state index in [1.807, 2.05) is 31.9 Å². The van der Waals surface area contributed by atoms with E-state index in [2.05, 4.69) is 27.5 Å². The number of amides is 1. The minimum Gasteiger partial charge on any atom is -0.356 e. The first kappa shape index (κ1) is 22.6. The topological polar surface area (TPSA) is 71.3 Å². The molecule has 0 N–H and O–H groups in total. The van der Waals surface area contributed by atoms with Gasteiger partial charge in [0, 0.05) is 62.2 Å². The number of carbonyl (C=O) groups excluding carboxylic acids is 1. The van der Waals surface area contributed by atoms with Crippen molar-refractivity contribution in [2.24, 2.45) is 0 Å². The molecule has 7 heteroatoms. The van der Waals surface area contributed by atoms with Crippen LogP contribution in [0.3, 0.4) is 0 Å². The van der Waals surface area contributed by atoms with Crippen molar-refractivity contribution in [1.82, 2.24) is 19.4 Å². The van der Waals surface area contributed by atoms with Gasteiger partial charge in [-0.05, 0) is 51.5 Å². The molecule has 2 aromatic heterocycles. The summed E-state index contributed by atoms with van der Waals surface area (Å²) in [6, 6.07) is 2.30. The molecule has 178 valence electrons. The smallest absolute Gasteiger partial charge is 0.255 e. The molecule has 3 aliphatic rings. The van der Waals surface area contributed by atoms with E-state index < -0.39 is 0 Å². The van der Waals surface area contributed by atoms with E-state index in [9.17, 15) is 9.59 Å². The van der Waals surface area contributed by atoms with Gasteiger partial charge in [-0.3, -0.25) is 9.59 Å². The van der Waals surface area contributed by atoms with Crippen LogP contribution in [0.15, 0.2) is 35.3 Å². The molecule has 7 nitrogen and oxygen atoms in total. The lowest BCUT2D eigenvalue weighted by molar-refractivity contribution is 0.0708. The van der Waals surface area contributed by atoms with Crippen LogP contribution in [0, 0.1) is 6.92 Å². The first-order valence-corrected chi connectivity index (χ1v) is 12.3. The van der Waals surface area contributed by atoms with E-state index in [-0.39, 0.29) is 17.5 Å². The number of rotatable bonds is 6. The van der Waals surface area contributed by atoms with E-state index in [0.29, 0.717) is 24.4 Å². The van der Waals surface area contributed by atoms with Gasteiger partial charge in [-0.2, -0.15) is 0 Å². The minimum atomic E-state index is -0.0266. The zero-order valence-electron chi connectivity index (χ0n) is 20.4. The minimum absolute atomic E-state index is 0.0210. The molecule has 1 saturated heterocycles. The maximum absolute atomic E-state index is 13.6. The second kappa shape index (κ2) is 8.85. The fraction of sp³-hybridized carbons (Fsp3) is 0.481. The van der Waals surface area contributed by atoms with Crippen LogP contribution in [-0.4, -0.2) is 51.5 Å². The molecule has 2 fully saturated rings. The highest BCUT2D eigenvalue weighted by atomic mass is 16.2. The number of hydrogen-bond donors (Lipinski definition) is 0. The van der Waals surface area contributed by atoms with Gasteiger partial charge in [-0.15, -0.1) is 6.58 Å². The van der Waals surface area contributed by atoms with Crippen molar-refractivity contribution in [1.29, 1.82) is 0 Å². The summed E-state index contributed by atoms with van der Waals surface area (Å²) >= 11 is 0. The molecule has 5 rings (SSSR count). The predicted octanol–water partition coefficient (Wildman–Crippen LogP) is 3.71. The van der Waals surface area contributed by atoms with Gasteiger partial charge in [0.25, 0.3) is 11.5 Å². The van der Waals surface area contributed by atoms with Gasteiger partial charge in [0.2, 0.25) is 0 Å². The first-order chi connectivity index (χ1) is 16.4. The highest BCUT2D eigenvalue weighted by molar-refractivity contribution is 5.98. The second-order valence-electron chi connectivity index (χ2n) is 9.96. The number of nitrogens with zero attached hydrogens (tertiary/aromatic N) is 5. The third-order valence-corrected chi connectivity index (χ3v) is 7.32. The number of carbonyl (C=O) groups is 1. The summed E-state index contributed by atoms with van der Waals surface area (Å²) in [6.07, 6.45) is 10.2. The van der Waals surface area contributed by atoms with Crippen LogP contribution in [0.5, 0.6) is 0 Å². The van der Waals surface area contributed by atoms with Gasteiger partial charge in [-0.1, -0.05) is 17.7 Å². The van der Waals surface area contributed by atoms with Crippen LogP contribution in [0.2, 0.25) is 0 Å². The third kappa shape index (κ3) is 4.19. The van der Waals surface area contributed by atoms with E-state index >= 15 is 0 Å². The maximum atomic E-state index is 13.6. The molecule has 34 heavy (non-hydrogen) atoms. The molecule has 2 aromatic rings. The average Bonchev–Trinajstić information content (AvgIpc) is 3.61. The Morgan fingerprint density at radius 2 is 1.94 bits per heavy atom. The molecule has 0 aromatic carbocycles. The SMILES string of the molecule is C=CCn1cc(C(=O)N(C)C2CCN(c3cc(C4CC4)nc(C)n3)CC2)c2c(c1=O)CC(C)=C2. The number of hydrogen-bond acceptors (Lipinski definition) is 5. The van der Waals surface area contributed by atoms with Gasteiger partial charge >= 0.3 is 0 Å². The Kier molecular flexibility index (Phi) is 5.88. The van der Waals surface area contributed by atoms with Gasteiger partial charge in [0.1, 0.15) is 11.6 Å². The van der Waals surface area contributed by atoms with E-state index in [0.717, 1.165) is 54.3 Å². The van der Waals surface area contributed by atoms with Crippen LogP contribution in [0.4, 0.5) is 5.82 Å². The summed E-state index contributed by atoms with van der Waals surface area (Å²) in [5.74, 6) is 2.43. The lowest BCUT2D eigenvalue weighted by atomic mass is 10.0. The quantitative estimate of drug-likeness (QED) is 0.616. The molecule has 3 heterocycles. The number of anilines is 1. The van der Waals surface area contributed by atoms with Crippen LogP contribution < -0.4 is 10.5 Å². The first-order valence-electron chi connectivity index (χ1n) is 12.3. The van der Waals surface area contributed by atoms with Crippen molar-refractivity contribution in [3.8, 4) is 0 Å². The summed E-state index contributed by atoms with van der Waals surface area (Å²) in [4.78, 5) is 40.0. The lowest BCUT2D eigenvalue weighted by Gasteiger charge is -2.37. The Morgan fingerprint density at radius 1 is 1.21 bits per heavy atom. The number of fused-ring (bicyclic) bond motifs is 1. The number of aromatic nitrogens is 3. The standard InChI is InChI=1S/C27H33N5O2/c1-5-10-32-16-23(21-13-17(2)14-22(21)27(32)34)26(33)30(4)20-8-11-31(12-9-20)25-15-24(19-6-7-19)28-18(3)29-25/h5,13,15-16,19-20H,1,6-12,14H2,2-4H3. The molecule has 0 unspecified atom stereocenters. The van der Waals surface area contributed by atoms with Crippen LogP contribution in [0.25, 0.3) is 6.08 Å². The van der Waals surface area contributed by atoms with Gasteiger partial charge in [0.15, 0.2) is 0 Å². The fourth-order valence-electron chi connectivity index (χ4n) is 5.25. The van der Waals surface area contributed by atoms with Crippen LogP contribution >= 0.6 is 0 Å². The zero-order valence-corrected chi connectivity index (χ0v) is 20.4. The van der Waals surface area contributed by atoms with Gasteiger partial charge in [-0.25, -0.2) is 9.97 Å². The second-order valence-corrected chi connectivity index (χ2v) is 9.96. The summed E-state index contributed by atoms with van der Waals surface area (Å²) in [7, 11) is 1.89. The average molecular weight is 460 g/mol. The number of aryl methyl sites for hydroxylation is 1. The zero-order chi connectivity index (χ0) is 24.0. The Balaban J connectivity index is 1.33. The van der Waals surface area contributed by atoms with Crippen molar-refractivity contribution >= 4 is 17.8 Å². The molecule has 2 aliphatic carbocycles. The molecule has 0 atom stereocenters. The van der Waals surface area contributed by atoms with Crippen LogP contribution in [0.1, 0.15) is 71.5 Å². The third-order valence-electron chi connectivity index (χ3n) is 7.32. The molecule has 1 aliphatic heterocycles. The Morgan fingerprint density at radius 3 is 2.62 bits per heavy atom. The number of piperidine rings is 1. The summed E-state index contributed by atoms with van der Waals surface area (Å²) in [5.41, 5.74) is 4.38. The van der Waals surface area contributed by atoms with Crippen molar-refractivity contribution in [3.63, 3.8) is 0 Å². The molecular weight excluding hydrogens is 426 g/mol. The largest absolute Gasteiger partial charge is 0.356 e. The Bertz CT molecular complexity index is 1230. The summed E-state index contributed by atoms with van der Waals surface area (Å²) in [5, 5.41) is 0. The Labute approximate surface area is 200 Å². The summed E-state index contributed by atoms with van der Waals surface area (Å²) in [6.45, 7) is 9.85. The number of allylic oxidation sites excluding steroid dienone is 2. The molecule has 1 saturated carbocycles. The predicted molar refractivity (Wildman–Crippen MR) is 134 cm³/mol. The highest BCUT2D eigenvalue weighted by Crippen LogP contribution is 2.40.